The summed E-state index contributed by atoms with van der Waals surface area (Å²) in [6, 6.07) is 15.2. The zero-order valence-electron chi connectivity index (χ0n) is 17.2. The first-order valence-corrected chi connectivity index (χ1v) is 11.4. The molecule has 162 valence electrons. The molecule has 3 aromatic rings. The summed E-state index contributed by atoms with van der Waals surface area (Å²) in [6.07, 6.45) is 0.920. The van der Waals surface area contributed by atoms with Gasteiger partial charge in [0.1, 0.15) is 5.75 Å². The average molecular weight is 459 g/mol. The molecule has 0 unspecified atom stereocenters. The van der Waals surface area contributed by atoms with Crippen LogP contribution in [-0.2, 0) is 4.79 Å². The molecule has 2 heterocycles. The van der Waals surface area contributed by atoms with E-state index in [1.165, 1.54) is 11.8 Å². The van der Waals surface area contributed by atoms with E-state index in [2.05, 4.69) is 27.2 Å². The lowest BCUT2D eigenvalue weighted by Gasteiger charge is -2.23. The van der Waals surface area contributed by atoms with Gasteiger partial charge >= 0.3 is 0 Å². The molecule has 4 rings (SSSR count). The average Bonchev–Trinajstić information content (AvgIpc) is 3.14. The molecule has 1 fully saturated rings. The van der Waals surface area contributed by atoms with Gasteiger partial charge in [-0.3, -0.25) is 4.79 Å². The number of carbonyl (C=O) groups excluding carboxylic acids is 1. The smallest absolute Gasteiger partial charge is 0.277 e. The van der Waals surface area contributed by atoms with Gasteiger partial charge in [-0.05, 0) is 55.0 Å². The Hall–Kier alpha value is -2.71. The number of nitrogens with zero attached hydrogens (tertiary/aromatic N) is 4. The van der Waals surface area contributed by atoms with Crippen molar-refractivity contribution >= 4 is 35.0 Å². The van der Waals surface area contributed by atoms with Crippen LogP contribution in [-0.4, -0.2) is 60.0 Å². The molecule has 0 saturated carbocycles. The van der Waals surface area contributed by atoms with E-state index < -0.39 is 0 Å². The molecule has 0 spiro atoms. The van der Waals surface area contributed by atoms with Crippen molar-refractivity contribution in [3.05, 3.63) is 53.6 Å². The number of thioether (sulfide) groups is 1. The Labute approximate surface area is 190 Å². The highest BCUT2D eigenvalue weighted by Gasteiger charge is 2.20. The van der Waals surface area contributed by atoms with Crippen LogP contribution in [0.5, 0.6) is 5.75 Å². The van der Waals surface area contributed by atoms with Crippen molar-refractivity contribution in [3.8, 4) is 17.2 Å². The lowest BCUT2D eigenvalue weighted by molar-refractivity contribution is -0.128. The van der Waals surface area contributed by atoms with Gasteiger partial charge in [-0.2, -0.15) is 0 Å². The monoisotopic (exact) mass is 458 g/mol. The quantitative estimate of drug-likeness (QED) is 0.512. The summed E-state index contributed by atoms with van der Waals surface area (Å²) in [7, 11) is 1.66. The van der Waals surface area contributed by atoms with Crippen molar-refractivity contribution in [2.24, 2.45) is 0 Å². The number of halogens is 1. The molecule has 0 bridgehead atoms. The molecule has 1 amide bonds. The fourth-order valence-corrected chi connectivity index (χ4v) is 4.20. The summed E-state index contributed by atoms with van der Waals surface area (Å²) in [5.74, 6) is 1.60. The van der Waals surface area contributed by atoms with E-state index in [4.69, 9.17) is 20.8 Å². The standard InChI is InChI=1S/C22H23ClN4O3S/c1-29-19-9-7-18(8-10-19)26-11-2-12-27(14-13-26)20(28)15-31-22-25-24-21(30-22)16-3-5-17(23)6-4-16/h3-10H,2,11-15H2,1H3. The van der Waals surface area contributed by atoms with Crippen LogP contribution in [0.3, 0.4) is 0 Å². The molecule has 2 aromatic carbocycles. The summed E-state index contributed by atoms with van der Waals surface area (Å²) >= 11 is 7.17. The van der Waals surface area contributed by atoms with Gasteiger partial charge in [0.05, 0.1) is 12.9 Å². The molecule has 0 N–H and O–H groups in total. The molecular formula is C22H23ClN4O3S. The summed E-state index contributed by atoms with van der Waals surface area (Å²) in [6.45, 7) is 3.14. The fourth-order valence-electron chi connectivity index (χ4n) is 3.41. The van der Waals surface area contributed by atoms with Crippen LogP contribution in [0.4, 0.5) is 5.69 Å². The summed E-state index contributed by atoms with van der Waals surface area (Å²) < 4.78 is 10.9. The second-order valence-electron chi connectivity index (χ2n) is 7.09. The van der Waals surface area contributed by atoms with Gasteiger partial charge in [0.25, 0.3) is 5.22 Å². The Bertz CT molecular complexity index is 1010. The minimum Gasteiger partial charge on any atom is -0.497 e. The number of rotatable bonds is 6. The minimum atomic E-state index is 0.0767. The molecule has 0 atom stereocenters. The molecule has 1 saturated heterocycles. The number of amides is 1. The van der Waals surface area contributed by atoms with Gasteiger partial charge in [-0.1, -0.05) is 23.4 Å². The molecule has 1 aliphatic heterocycles. The summed E-state index contributed by atoms with van der Waals surface area (Å²) in [5, 5.41) is 9.12. The third-order valence-corrected chi connectivity index (χ3v) is 6.16. The van der Waals surface area contributed by atoms with E-state index >= 15 is 0 Å². The number of methoxy groups -OCH3 is 1. The van der Waals surface area contributed by atoms with E-state index in [0.29, 0.717) is 22.7 Å². The SMILES string of the molecule is COc1ccc(N2CCCN(C(=O)CSc3nnc(-c4ccc(Cl)cc4)o3)CC2)cc1. The van der Waals surface area contributed by atoms with Crippen LogP contribution >= 0.6 is 23.4 Å². The van der Waals surface area contributed by atoms with E-state index in [1.807, 2.05) is 29.2 Å². The van der Waals surface area contributed by atoms with E-state index in [1.54, 1.807) is 19.2 Å². The number of aromatic nitrogens is 2. The van der Waals surface area contributed by atoms with Gasteiger partial charge in [0.2, 0.25) is 11.8 Å². The first kappa shape index (κ1) is 21.5. The third-order valence-electron chi connectivity index (χ3n) is 5.10. The van der Waals surface area contributed by atoms with Crippen molar-refractivity contribution in [1.82, 2.24) is 15.1 Å². The predicted octanol–water partition coefficient (Wildman–Crippen LogP) is 4.23. The predicted molar refractivity (Wildman–Crippen MR) is 122 cm³/mol. The van der Waals surface area contributed by atoms with Gasteiger partial charge in [0, 0.05) is 42.5 Å². The Morgan fingerprint density at radius 2 is 1.84 bits per heavy atom. The zero-order chi connectivity index (χ0) is 21.6. The number of benzene rings is 2. The van der Waals surface area contributed by atoms with Crippen molar-refractivity contribution in [2.75, 3.05) is 43.9 Å². The maximum Gasteiger partial charge on any atom is 0.277 e. The van der Waals surface area contributed by atoms with E-state index in [0.717, 1.165) is 43.1 Å². The Kier molecular flexibility index (Phi) is 6.99. The number of carbonyl (C=O) groups is 1. The van der Waals surface area contributed by atoms with Crippen LogP contribution in [0.1, 0.15) is 6.42 Å². The normalized spacial score (nSPS) is 14.4. The Morgan fingerprint density at radius 3 is 2.58 bits per heavy atom. The van der Waals surface area contributed by atoms with Gasteiger partial charge in [0.15, 0.2) is 0 Å². The summed E-state index contributed by atoms with van der Waals surface area (Å²) in [4.78, 5) is 16.9. The molecule has 9 heteroatoms. The molecule has 31 heavy (non-hydrogen) atoms. The molecule has 0 radical (unpaired) electrons. The number of anilines is 1. The van der Waals surface area contributed by atoms with Gasteiger partial charge < -0.3 is 19.0 Å². The number of hydrogen-bond acceptors (Lipinski definition) is 7. The minimum absolute atomic E-state index is 0.0767. The first-order chi connectivity index (χ1) is 15.1. The third kappa shape index (κ3) is 5.51. The van der Waals surface area contributed by atoms with Crippen LogP contribution < -0.4 is 9.64 Å². The maximum absolute atomic E-state index is 12.7. The Morgan fingerprint density at radius 1 is 1.06 bits per heavy atom. The van der Waals surface area contributed by atoms with Crippen LogP contribution in [0.2, 0.25) is 5.02 Å². The van der Waals surface area contributed by atoms with E-state index in [9.17, 15) is 4.79 Å². The van der Waals surface area contributed by atoms with Crippen LogP contribution in [0.15, 0.2) is 58.2 Å². The van der Waals surface area contributed by atoms with E-state index in [-0.39, 0.29) is 11.7 Å². The molecule has 1 aromatic heterocycles. The van der Waals surface area contributed by atoms with Crippen molar-refractivity contribution in [1.29, 1.82) is 0 Å². The first-order valence-electron chi connectivity index (χ1n) is 10.0. The lowest BCUT2D eigenvalue weighted by atomic mass is 10.2. The highest BCUT2D eigenvalue weighted by molar-refractivity contribution is 7.99. The van der Waals surface area contributed by atoms with Crippen molar-refractivity contribution in [2.45, 2.75) is 11.6 Å². The molecule has 7 nitrogen and oxygen atoms in total. The maximum atomic E-state index is 12.7. The lowest BCUT2D eigenvalue weighted by Crippen LogP contribution is -2.36. The van der Waals surface area contributed by atoms with Crippen molar-refractivity contribution < 1.29 is 13.9 Å². The second kappa shape index (κ2) is 10.1. The largest absolute Gasteiger partial charge is 0.497 e. The highest BCUT2D eigenvalue weighted by atomic mass is 35.5. The second-order valence-corrected chi connectivity index (χ2v) is 8.45. The Balaban J connectivity index is 1.29. The summed E-state index contributed by atoms with van der Waals surface area (Å²) in [5.41, 5.74) is 1.94. The molecular weight excluding hydrogens is 436 g/mol. The number of ether oxygens (including phenoxy) is 1. The van der Waals surface area contributed by atoms with Gasteiger partial charge in [-0.15, -0.1) is 10.2 Å². The fraction of sp³-hybridized carbons (Fsp3) is 0.318. The van der Waals surface area contributed by atoms with Crippen LogP contribution in [0.25, 0.3) is 11.5 Å². The highest BCUT2D eigenvalue weighted by Crippen LogP contribution is 2.25. The zero-order valence-corrected chi connectivity index (χ0v) is 18.7. The topological polar surface area (TPSA) is 71.7 Å². The van der Waals surface area contributed by atoms with Crippen LogP contribution in [0, 0.1) is 0 Å². The molecule has 0 aliphatic carbocycles. The number of hydrogen-bond donors (Lipinski definition) is 0. The molecule has 1 aliphatic rings. The van der Waals surface area contributed by atoms with Gasteiger partial charge in [-0.25, -0.2) is 0 Å². The van der Waals surface area contributed by atoms with Crippen molar-refractivity contribution in [3.63, 3.8) is 0 Å².